The monoisotopic (exact) mass is 437 g/mol. The Labute approximate surface area is 186 Å². The number of nitrogens with two attached hydrogens (primary N) is 1. The zero-order valence-corrected chi connectivity index (χ0v) is 17.9. The first-order valence-electron chi connectivity index (χ1n) is 9.84. The second-order valence-corrected chi connectivity index (χ2v) is 7.14. The van der Waals surface area contributed by atoms with Gasteiger partial charge >= 0.3 is 0 Å². The molecule has 0 saturated carbocycles. The lowest BCUT2D eigenvalue weighted by Crippen LogP contribution is -2.19. The van der Waals surface area contributed by atoms with E-state index in [0.29, 0.717) is 35.4 Å². The van der Waals surface area contributed by atoms with Crippen LogP contribution >= 0.6 is 11.6 Å². The molecule has 1 amide bonds. The van der Waals surface area contributed by atoms with Gasteiger partial charge in [-0.15, -0.1) is 0 Å². The van der Waals surface area contributed by atoms with E-state index in [0.717, 1.165) is 16.7 Å². The average molecular weight is 438 g/mol. The number of nitrogens with one attached hydrogen (secondary N) is 1. The van der Waals surface area contributed by atoms with Gasteiger partial charge in [-0.3, -0.25) is 4.79 Å². The predicted molar refractivity (Wildman–Crippen MR) is 124 cm³/mol. The molecular formula is C24H24ClN3O3. The highest BCUT2D eigenvalue weighted by Gasteiger charge is 2.08. The normalized spacial score (nSPS) is 10.8. The molecule has 3 aromatic carbocycles. The zero-order chi connectivity index (χ0) is 22.1. The summed E-state index contributed by atoms with van der Waals surface area (Å²) in [5.41, 5.74) is 11.4. The lowest BCUT2D eigenvalue weighted by molar-refractivity contribution is -0.120. The summed E-state index contributed by atoms with van der Waals surface area (Å²) in [6.45, 7) is 2.71. The van der Waals surface area contributed by atoms with E-state index in [-0.39, 0.29) is 12.3 Å². The number of rotatable bonds is 9. The molecule has 0 atom stereocenters. The Balaban J connectivity index is 1.60. The van der Waals surface area contributed by atoms with Crippen molar-refractivity contribution in [2.24, 2.45) is 5.10 Å². The fraction of sp³-hybridized carbons (Fsp3) is 0.167. The Morgan fingerprint density at radius 1 is 1.06 bits per heavy atom. The van der Waals surface area contributed by atoms with E-state index in [1.165, 1.54) is 0 Å². The van der Waals surface area contributed by atoms with Crippen LogP contribution in [0.1, 0.15) is 23.6 Å². The lowest BCUT2D eigenvalue weighted by Gasteiger charge is -2.13. The summed E-state index contributed by atoms with van der Waals surface area (Å²) in [5.74, 6) is 0.976. The molecule has 0 spiro atoms. The van der Waals surface area contributed by atoms with Gasteiger partial charge in [0.15, 0.2) is 11.5 Å². The first kappa shape index (κ1) is 22.2. The molecule has 160 valence electrons. The van der Waals surface area contributed by atoms with Gasteiger partial charge in [0.2, 0.25) is 5.91 Å². The van der Waals surface area contributed by atoms with Gasteiger partial charge in [-0.05, 0) is 54.4 Å². The zero-order valence-electron chi connectivity index (χ0n) is 17.2. The van der Waals surface area contributed by atoms with Crippen molar-refractivity contribution in [2.75, 3.05) is 12.3 Å². The minimum Gasteiger partial charge on any atom is -0.490 e. The van der Waals surface area contributed by atoms with Crippen molar-refractivity contribution >= 4 is 29.4 Å². The third-order valence-electron chi connectivity index (χ3n) is 4.36. The third-order valence-corrected chi connectivity index (χ3v) is 4.72. The smallest absolute Gasteiger partial charge is 0.244 e. The molecule has 0 unspecified atom stereocenters. The second kappa shape index (κ2) is 11.0. The quantitative estimate of drug-likeness (QED) is 0.291. The van der Waals surface area contributed by atoms with E-state index < -0.39 is 0 Å². The Kier molecular flexibility index (Phi) is 7.90. The number of nitrogens with zero attached hydrogens (tertiary/aromatic N) is 1. The molecule has 0 aliphatic heterocycles. The number of carbonyl (C=O) groups is 1. The highest BCUT2D eigenvalue weighted by atomic mass is 35.5. The van der Waals surface area contributed by atoms with Gasteiger partial charge in [0.1, 0.15) is 6.61 Å². The van der Waals surface area contributed by atoms with E-state index in [1.807, 2.05) is 49.4 Å². The molecule has 0 radical (unpaired) electrons. The minimum absolute atomic E-state index is 0.217. The Hall–Kier alpha value is -3.51. The molecule has 7 heteroatoms. The molecule has 3 rings (SSSR count). The van der Waals surface area contributed by atoms with Crippen molar-refractivity contribution in [3.63, 3.8) is 0 Å². The summed E-state index contributed by atoms with van der Waals surface area (Å²) in [6.07, 6.45) is 1.78. The van der Waals surface area contributed by atoms with Crippen LogP contribution < -0.4 is 20.6 Å². The molecule has 0 bridgehead atoms. The minimum atomic E-state index is -0.217. The first-order valence-corrected chi connectivity index (χ1v) is 10.2. The Morgan fingerprint density at radius 2 is 1.84 bits per heavy atom. The molecule has 3 N–H and O–H groups in total. The number of hydrogen-bond donors (Lipinski definition) is 2. The maximum absolute atomic E-state index is 12.0. The summed E-state index contributed by atoms with van der Waals surface area (Å²) in [6, 6.07) is 20.1. The number of hydrazone groups is 1. The maximum Gasteiger partial charge on any atom is 0.244 e. The van der Waals surface area contributed by atoms with Gasteiger partial charge in [0.25, 0.3) is 0 Å². The van der Waals surface area contributed by atoms with Crippen molar-refractivity contribution in [3.05, 3.63) is 88.4 Å². The van der Waals surface area contributed by atoms with Crippen LogP contribution in [0, 0.1) is 0 Å². The van der Waals surface area contributed by atoms with Crippen LogP contribution in [0.4, 0.5) is 5.69 Å². The Morgan fingerprint density at radius 3 is 2.58 bits per heavy atom. The van der Waals surface area contributed by atoms with Gasteiger partial charge in [0, 0.05) is 16.3 Å². The van der Waals surface area contributed by atoms with Crippen molar-refractivity contribution in [1.29, 1.82) is 0 Å². The van der Waals surface area contributed by atoms with Crippen molar-refractivity contribution in [2.45, 2.75) is 20.0 Å². The molecule has 0 fully saturated rings. The second-order valence-electron chi connectivity index (χ2n) is 6.73. The number of amides is 1. The average Bonchev–Trinajstić information content (AvgIpc) is 2.76. The van der Waals surface area contributed by atoms with Crippen molar-refractivity contribution in [3.8, 4) is 11.5 Å². The number of anilines is 1. The highest BCUT2D eigenvalue weighted by Crippen LogP contribution is 2.29. The maximum atomic E-state index is 12.0. The number of benzene rings is 3. The predicted octanol–water partition coefficient (Wildman–Crippen LogP) is 4.59. The van der Waals surface area contributed by atoms with Crippen LogP contribution in [0.2, 0.25) is 5.02 Å². The number of nitrogen functional groups attached to an aromatic ring is 1. The van der Waals surface area contributed by atoms with Gasteiger partial charge in [-0.25, -0.2) is 5.43 Å². The van der Waals surface area contributed by atoms with Gasteiger partial charge < -0.3 is 15.2 Å². The van der Waals surface area contributed by atoms with Crippen LogP contribution in [0.15, 0.2) is 71.8 Å². The molecule has 3 aromatic rings. The molecule has 31 heavy (non-hydrogen) atoms. The van der Waals surface area contributed by atoms with E-state index >= 15 is 0 Å². The van der Waals surface area contributed by atoms with Gasteiger partial charge in [0.05, 0.1) is 19.2 Å². The standard InChI is InChI=1S/C24H24ClN3O3/c1-2-30-23-13-18(9-12-22(23)31-16-19-5-3-4-6-21(19)25)15-27-28-24(29)14-17-7-10-20(26)11-8-17/h3-13,15H,2,14,16,26H2,1H3,(H,28,29)/b27-15-. The molecular weight excluding hydrogens is 414 g/mol. The molecule has 0 aliphatic carbocycles. The molecule has 0 aromatic heterocycles. The lowest BCUT2D eigenvalue weighted by atomic mass is 10.1. The van der Waals surface area contributed by atoms with Crippen LogP contribution in [0.5, 0.6) is 11.5 Å². The molecule has 6 nitrogen and oxygen atoms in total. The third kappa shape index (κ3) is 6.76. The van der Waals surface area contributed by atoms with Crippen LogP contribution in [-0.2, 0) is 17.8 Å². The number of ether oxygens (including phenoxy) is 2. The summed E-state index contributed by atoms with van der Waals surface area (Å²) in [4.78, 5) is 12.0. The van der Waals surface area contributed by atoms with Gasteiger partial charge in [-0.2, -0.15) is 5.10 Å². The Bertz CT molecular complexity index is 1050. The van der Waals surface area contributed by atoms with Crippen molar-refractivity contribution < 1.29 is 14.3 Å². The number of hydrogen-bond acceptors (Lipinski definition) is 5. The van der Waals surface area contributed by atoms with E-state index in [4.69, 9.17) is 26.8 Å². The molecule has 0 heterocycles. The summed E-state index contributed by atoms with van der Waals surface area (Å²) < 4.78 is 11.6. The van der Waals surface area contributed by atoms with Crippen LogP contribution in [0.25, 0.3) is 0 Å². The highest BCUT2D eigenvalue weighted by molar-refractivity contribution is 6.31. The van der Waals surface area contributed by atoms with E-state index in [2.05, 4.69) is 10.5 Å². The summed E-state index contributed by atoms with van der Waals surface area (Å²) in [7, 11) is 0. The fourth-order valence-electron chi connectivity index (χ4n) is 2.80. The van der Waals surface area contributed by atoms with E-state index in [9.17, 15) is 4.79 Å². The van der Waals surface area contributed by atoms with Gasteiger partial charge in [-0.1, -0.05) is 41.9 Å². The topological polar surface area (TPSA) is 85.9 Å². The largest absolute Gasteiger partial charge is 0.490 e. The molecule has 0 saturated heterocycles. The summed E-state index contributed by atoms with van der Waals surface area (Å²) in [5, 5.41) is 4.68. The SMILES string of the molecule is CCOc1cc(/C=N\NC(=O)Cc2ccc(N)cc2)ccc1OCc1ccccc1Cl. The van der Waals surface area contributed by atoms with Crippen LogP contribution in [0.3, 0.4) is 0 Å². The number of carbonyl (C=O) groups excluding carboxylic acids is 1. The molecule has 0 aliphatic rings. The van der Waals surface area contributed by atoms with E-state index in [1.54, 1.807) is 30.5 Å². The van der Waals surface area contributed by atoms with Crippen LogP contribution in [-0.4, -0.2) is 18.7 Å². The first-order chi connectivity index (χ1) is 15.0. The summed E-state index contributed by atoms with van der Waals surface area (Å²) >= 11 is 6.19. The van der Waals surface area contributed by atoms with Crippen molar-refractivity contribution in [1.82, 2.24) is 5.43 Å². The fourth-order valence-corrected chi connectivity index (χ4v) is 2.99. The number of halogens is 1.